The van der Waals surface area contributed by atoms with Crippen LogP contribution in [0.1, 0.15) is 37.7 Å². The third-order valence-electron chi connectivity index (χ3n) is 6.15. The van der Waals surface area contributed by atoms with Crippen LogP contribution in [0.15, 0.2) is 23.0 Å². The van der Waals surface area contributed by atoms with Gasteiger partial charge in [-0.1, -0.05) is 6.92 Å². The van der Waals surface area contributed by atoms with Crippen molar-refractivity contribution in [2.45, 2.75) is 32.1 Å². The van der Waals surface area contributed by atoms with E-state index in [2.05, 4.69) is 27.5 Å². The highest BCUT2D eigenvalue weighted by Gasteiger charge is 2.35. The van der Waals surface area contributed by atoms with Crippen molar-refractivity contribution in [2.75, 3.05) is 41.8 Å². The van der Waals surface area contributed by atoms with Gasteiger partial charge in [-0.15, -0.1) is 0 Å². The van der Waals surface area contributed by atoms with Gasteiger partial charge in [-0.25, -0.2) is 0 Å². The molecule has 1 aromatic carbocycles. The summed E-state index contributed by atoms with van der Waals surface area (Å²) in [6.07, 6.45) is 1.89. The van der Waals surface area contributed by atoms with Crippen LogP contribution in [0.25, 0.3) is 0 Å². The SMILES string of the molecule is CC1CCN(c2nc3c(c(=O)[nH]2)C(C(=O)Nc2ccc4c(c2)OCCO4)CC(=O)N3)CC1. The van der Waals surface area contributed by atoms with Crippen molar-refractivity contribution in [3.05, 3.63) is 34.1 Å². The van der Waals surface area contributed by atoms with Crippen LogP contribution in [0, 0.1) is 5.92 Å². The van der Waals surface area contributed by atoms with Gasteiger partial charge in [-0.05, 0) is 30.9 Å². The number of aromatic amines is 1. The molecule has 0 saturated carbocycles. The number of amides is 2. The number of piperidine rings is 1. The molecule has 10 heteroatoms. The predicted octanol–water partition coefficient (Wildman–Crippen LogP) is 1.84. The minimum Gasteiger partial charge on any atom is -0.486 e. The second kappa shape index (κ2) is 8.18. The number of aromatic nitrogens is 2. The Hall–Kier alpha value is -3.56. The number of hydrogen-bond acceptors (Lipinski definition) is 7. The van der Waals surface area contributed by atoms with Gasteiger partial charge < -0.3 is 25.0 Å². The first-order chi connectivity index (χ1) is 15.5. The summed E-state index contributed by atoms with van der Waals surface area (Å²) in [4.78, 5) is 47.7. The smallest absolute Gasteiger partial charge is 0.258 e. The first kappa shape index (κ1) is 20.3. The minimum absolute atomic E-state index is 0.130. The van der Waals surface area contributed by atoms with Crippen LogP contribution in [-0.4, -0.2) is 48.1 Å². The zero-order chi connectivity index (χ0) is 22.2. The number of rotatable bonds is 3. The van der Waals surface area contributed by atoms with Crippen LogP contribution in [0.2, 0.25) is 0 Å². The standard InChI is InChI=1S/C22H25N5O5/c1-12-4-6-27(7-5-12)22-25-19-18(21(30)26-22)14(11-17(28)24-19)20(29)23-13-2-3-15-16(10-13)32-9-8-31-15/h2-3,10,12,14H,4-9,11H2,1H3,(H,23,29)(H2,24,25,26,28,30). The molecule has 3 N–H and O–H groups in total. The van der Waals surface area contributed by atoms with Gasteiger partial charge in [0.15, 0.2) is 11.5 Å². The largest absolute Gasteiger partial charge is 0.486 e. The average Bonchev–Trinajstić information content (AvgIpc) is 2.78. The molecule has 0 spiro atoms. The van der Waals surface area contributed by atoms with Gasteiger partial charge in [-0.3, -0.25) is 19.4 Å². The first-order valence-electron chi connectivity index (χ1n) is 10.9. The van der Waals surface area contributed by atoms with E-state index in [0.29, 0.717) is 42.3 Å². The molecule has 1 atom stereocenters. The summed E-state index contributed by atoms with van der Waals surface area (Å²) in [5, 5.41) is 5.45. The molecule has 5 rings (SSSR count). The molecule has 1 aromatic heterocycles. The lowest BCUT2D eigenvalue weighted by atomic mass is 9.92. The summed E-state index contributed by atoms with van der Waals surface area (Å²) in [7, 11) is 0. The third kappa shape index (κ3) is 3.88. The van der Waals surface area contributed by atoms with Crippen LogP contribution in [0.3, 0.4) is 0 Å². The molecule has 3 aliphatic rings. The maximum atomic E-state index is 13.1. The molecule has 0 radical (unpaired) electrons. The number of carbonyl (C=O) groups is 2. The quantitative estimate of drug-likeness (QED) is 0.666. The van der Waals surface area contributed by atoms with E-state index in [1.54, 1.807) is 18.2 Å². The van der Waals surface area contributed by atoms with E-state index in [1.165, 1.54) is 0 Å². The lowest BCUT2D eigenvalue weighted by Crippen LogP contribution is -2.39. The summed E-state index contributed by atoms with van der Waals surface area (Å²) in [5.74, 6) is 0.603. The molecule has 10 nitrogen and oxygen atoms in total. The normalized spacial score (nSPS) is 20.3. The molecular weight excluding hydrogens is 414 g/mol. The number of nitrogens with one attached hydrogen (secondary N) is 3. The Labute approximate surface area is 184 Å². The lowest BCUT2D eigenvalue weighted by molar-refractivity contribution is -0.123. The number of nitrogens with zero attached hydrogens (tertiary/aromatic N) is 2. The number of carbonyl (C=O) groups excluding carboxylic acids is 2. The molecule has 3 aliphatic heterocycles. The van der Waals surface area contributed by atoms with Crippen molar-refractivity contribution in [1.82, 2.24) is 9.97 Å². The number of benzene rings is 1. The van der Waals surface area contributed by atoms with Gasteiger partial charge in [0.1, 0.15) is 19.0 Å². The van der Waals surface area contributed by atoms with Gasteiger partial charge in [-0.2, -0.15) is 4.98 Å². The Balaban J connectivity index is 1.40. The fourth-order valence-corrected chi connectivity index (χ4v) is 4.30. The fraction of sp³-hybridized carbons (Fsp3) is 0.455. The van der Waals surface area contributed by atoms with Crippen molar-refractivity contribution < 1.29 is 19.1 Å². The lowest BCUT2D eigenvalue weighted by Gasteiger charge is -2.31. The van der Waals surface area contributed by atoms with Crippen molar-refractivity contribution in [3.8, 4) is 11.5 Å². The Morgan fingerprint density at radius 2 is 1.91 bits per heavy atom. The molecule has 0 aliphatic carbocycles. The van der Waals surface area contributed by atoms with Gasteiger partial charge >= 0.3 is 0 Å². The molecule has 1 fully saturated rings. The van der Waals surface area contributed by atoms with Crippen LogP contribution in [0.4, 0.5) is 17.5 Å². The molecule has 1 unspecified atom stereocenters. The highest BCUT2D eigenvalue weighted by molar-refractivity contribution is 6.04. The Morgan fingerprint density at radius 1 is 1.16 bits per heavy atom. The third-order valence-corrected chi connectivity index (χ3v) is 6.15. The molecule has 1 saturated heterocycles. The first-order valence-corrected chi connectivity index (χ1v) is 10.9. The van der Waals surface area contributed by atoms with E-state index in [4.69, 9.17) is 9.47 Å². The highest BCUT2D eigenvalue weighted by Crippen LogP contribution is 2.34. The number of anilines is 3. The number of fused-ring (bicyclic) bond motifs is 2. The summed E-state index contributed by atoms with van der Waals surface area (Å²) < 4.78 is 11.0. The minimum atomic E-state index is -0.946. The van der Waals surface area contributed by atoms with Gasteiger partial charge in [0.25, 0.3) is 5.56 Å². The van der Waals surface area contributed by atoms with E-state index >= 15 is 0 Å². The maximum Gasteiger partial charge on any atom is 0.258 e. The fourth-order valence-electron chi connectivity index (χ4n) is 4.30. The van der Waals surface area contributed by atoms with Crippen LogP contribution in [-0.2, 0) is 9.59 Å². The van der Waals surface area contributed by atoms with Gasteiger partial charge in [0.05, 0.1) is 11.5 Å². The van der Waals surface area contributed by atoms with Crippen LogP contribution >= 0.6 is 0 Å². The molecule has 4 heterocycles. The molecule has 2 aromatic rings. The topological polar surface area (TPSA) is 126 Å². The number of ether oxygens (including phenoxy) is 2. The van der Waals surface area contributed by atoms with E-state index in [1.807, 2.05) is 4.90 Å². The van der Waals surface area contributed by atoms with E-state index < -0.39 is 17.4 Å². The molecular formula is C22H25N5O5. The second-order valence-corrected chi connectivity index (χ2v) is 8.47. The van der Waals surface area contributed by atoms with Gasteiger partial charge in [0.2, 0.25) is 17.8 Å². The Kier molecular flexibility index (Phi) is 5.20. The maximum absolute atomic E-state index is 13.1. The van der Waals surface area contributed by atoms with E-state index in [-0.39, 0.29) is 23.7 Å². The van der Waals surface area contributed by atoms with Gasteiger partial charge in [0, 0.05) is 31.3 Å². The molecule has 168 valence electrons. The molecule has 0 bridgehead atoms. The zero-order valence-corrected chi connectivity index (χ0v) is 17.8. The number of H-pyrrole nitrogens is 1. The average molecular weight is 439 g/mol. The summed E-state index contributed by atoms with van der Waals surface area (Å²) in [5.41, 5.74) is 0.259. The summed E-state index contributed by atoms with van der Waals surface area (Å²) in [6, 6.07) is 5.07. The van der Waals surface area contributed by atoms with Crippen molar-refractivity contribution >= 4 is 29.3 Å². The van der Waals surface area contributed by atoms with Crippen molar-refractivity contribution in [3.63, 3.8) is 0 Å². The van der Waals surface area contributed by atoms with Crippen LogP contribution in [0.5, 0.6) is 11.5 Å². The van der Waals surface area contributed by atoms with Crippen LogP contribution < -0.4 is 30.6 Å². The number of hydrogen-bond donors (Lipinski definition) is 3. The summed E-state index contributed by atoms with van der Waals surface area (Å²) in [6.45, 7) is 4.67. The second-order valence-electron chi connectivity index (χ2n) is 8.47. The van der Waals surface area contributed by atoms with Crippen molar-refractivity contribution in [2.24, 2.45) is 5.92 Å². The Bertz CT molecular complexity index is 1120. The Morgan fingerprint density at radius 3 is 2.69 bits per heavy atom. The zero-order valence-electron chi connectivity index (χ0n) is 17.8. The predicted molar refractivity (Wildman–Crippen MR) is 118 cm³/mol. The van der Waals surface area contributed by atoms with E-state index in [9.17, 15) is 14.4 Å². The van der Waals surface area contributed by atoms with E-state index in [0.717, 1.165) is 25.9 Å². The monoisotopic (exact) mass is 439 g/mol. The highest BCUT2D eigenvalue weighted by atomic mass is 16.6. The molecule has 32 heavy (non-hydrogen) atoms. The van der Waals surface area contributed by atoms with Crippen molar-refractivity contribution in [1.29, 1.82) is 0 Å². The summed E-state index contributed by atoms with van der Waals surface area (Å²) >= 11 is 0. The molecule has 2 amide bonds.